The Morgan fingerprint density at radius 3 is 2.42 bits per heavy atom. The van der Waals surface area contributed by atoms with Gasteiger partial charge in [-0.15, -0.1) is 0 Å². The fourth-order valence-corrected chi connectivity index (χ4v) is 1.50. The lowest BCUT2D eigenvalue weighted by atomic mass is 10.0. The number of ketones is 1. The Balaban J connectivity index is 2.57. The second kappa shape index (κ2) is 7.97. The zero-order valence-corrected chi connectivity index (χ0v) is 10.8. The topological polar surface area (TPSA) is 60.4 Å². The number of rotatable bonds is 7. The Labute approximate surface area is 112 Å². The molecule has 4 nitrogen and oxygen atoms in total. The van der Waals surface area contributed by atoms with Crippen molar-refractivity contribution in [2.45, 2.75) is 19.3 Å². The molecule has 1 aromatic rings. The third-order valence-corrected chi connectivity index (χ3v) is 2.56. The molecular weight excluding hydrogens is 244 g/mol. The highest BCUT2D eigenvalue weighted by atomic mass is 16.5. The van der Waals surface area contributed by atoms with Gasteiger partial charge in [-0.1, -0.05) is 36.4 Å². The third-order valence-electron chi connectivity index (χ3n) is 2.56. The number of methoxy groups -OCH3 is 1. The highest BCUT2D eigenvalue weighted by Gasteiger charge is 2.08. The van der Waals surface area contributed by atoms with E-state index < -0.39 is 0 Å². The van der Waals surface area contributed by atoms with Gasteiger partial charge < -0.3 is 9.53 Å². The molecule has 0 aliphatic heterocycles. The van der Waals surface area contributed by atoms with Gasteiger partial charge in [0, 0.05) is 18.4 Å². The Morgan fingerprint density at radius 2 is 1.84 bits per heavy atom. The Morgan fingerprint density at radius 1 is 1.16 bits per heavy atom. The van der Waals surface area contributed by atoms with Gasteiger partial charge >= 0.3 is 5.97 Å². The van der Waals surface area contributed by atoms with Crippen LogP contribution in [0.1, 0.15) is 35.2 Å². The number of allylic oxidation sites excluding steroid dienone is 1. The summed E-state index contributed by atoms with van der Waals surface area (Å²) in [5, 5.41) is 0. The maximum atomic E-state index is 11.8. The highest BCUT2D eigenvalue weighted by molar-refractivity contribution is 5.97. The maximum absolute atomic E-state index is 11.8. The summed E-state index contributed by atoms with van der Waals surface area (Å²) < 4.78 is 4.48. The van der Waals surface area contributed by atoms with Crippen LogP contribution in [0.15, 0.2) is 30.3 Å². The molecule has 0 amide bonds. The number of hydrogen-bond acceptors (Lipinski definition) is 4. The average molecular weight is 260 g/mol. The SMILES string of the molecule is COC(=O)CCC(=O)c1ccc(C=CCC=O)cc1. The zero-order chi connectivity index (χ0) is 14.1. The van der Waals surface area contributed by atoms with Gasteiger partial charge in [0.05, 0.1) is 13.5 Å². The van der Waals surface area contributed by atoms with Gasteiger partial charge in [-0.2, -0.15) is 0 Å². The molecule has 0 heterocycles. The number of esters is 1. The van der Waals surface area contributed by atoms with E-state index in [4.69, 9.17) is 0 Å². The number of ether oxygens (including phenoxy) is 1. The first-order chi connectivity index (χ1) is 9.17. The molecule has 0 spiro atoms. The summed E-state index contributed by atoms with van der Waals surface area (Å²) in [7, 11) is 1.30. The van der Waals surface area contributed by atoms with Gasteiger partial charge in [-0.05, 0) is 5.56 Å². The molecule has 0 radical (unpaired) electrons. The van der Waals surface area contributed by atoms with Crippen LogP contribution in [0, 0.1) is 0 Å². The molecule has 0 aliphatic rings. The van der Waals surface area contributed by atoms with E-state index in [0.717, 1.165) is 11.8 Å². The Bertz CT molecular complexity index is 471. The van der Waals surface area contributed by atoms with Crippen LogP contribution in [0.4, 0.5) is 0 Å². The van der Waals surface area contributed by atoms with Gasteiger partial charge in [0.1, 0.15) is 6.29 Å². The fraction of sp³-hybridized carbons (Fsp3) is 0.267. The summed E-state index contributed by atoms with van der Waals surface area (Å²) in [6, 6.07) is 7.01. The summed E-state index contributed by atoms with van der Waals surface area (Å²) in [6.07, 6.45) is 5.00. The molecule has 1 aromatic carbocycles. The lowest BCUT2D eigenvalue weighted by Gasteiger charge is -2.01. The van der Waals surface area contributed by atoms with Crippen molar-refractivity contribution in [3.63, 3.8) is 0 Å². The molecule has 0 N–H and O–H groups in total. The zero-order valence-electron chi connectivity index (χ0n) is 10.8. The Hall–Kier alpha value is -2.23. The van der Waals surface area contributed by atoms with Gasteiger partial charge in [0.15, 0.2) is 5.78 Å². The number of carbonyl (C=O) groups excluding carboxylic acids is 3. The van der Waals surface area contributed by atoms with Gasteiger partial charge in [0.2, 0.25) is 0 Å². The summed E-state index contributed by atoms with van der Waals surface area (Å²) in [5.41, 5.74) is 1.49. The van der Waals surface area contributed by atoms with Crippen molar-refractivity contribution in [1.29, 1.82) is 0 Å². The first-order valence-corrected chi connectivity index (χ1v) is 5.97. The second-order valence-corrected chi connectivity index (χ2v) is 3.93. The lowest BCUT2D eigenvalue weighted by Crippen LogP contribution is -2.05. The number of hydrogen-bond donors (Lipinski definition) is 0. The van der Waals surface area contributed by atoms with Gasteiger partial charge in [-0.25, -0.2) is 0 Å². The summed E-state index contributed by atoms with van der Waals surface area (Å²) in [4.78, 5) is 32.9. The summed E-state index contributed by atoms with van der Waals surface area (Å²) in [5.74, 6) is -0.476. The van der Waals surface area contributed by atoms with Gasteiger partial charge in [-0.3, -0.25) is 9.59 Å². The van der Waals surface area contributed by atoms with Crippen molar-refractivity contribution in [2.24, 2.45) is 0 Å². The quantitative estimate of drug-likeness (QED) is 0.429. The average Bonchev–Trinajstić information content (AvgIpc) is 2.45. The van der Waals surface area contributed by atoms with Crippen molar-refractivity contribution < 1.29 is 19.1 Å². The number of Topliss-reactive ketones (excluding diaryl/α,β-unsaturated/α-hetero) is 1. The number of carbonyl (C=O) groups is 3. The highest BCUT2D eigenvalue weighted by Crippen LogP contribution is 2.10. The minimum Gasteiger partial charge on any atom is -0.469 e. The van der Waals surface area contributed by atoms with E-state index in [2.05, 4.69) is 4.74 Å². The first kappa shape index (κ1) is 14.8. The van der Waals surface area contributed by atoms with E-state index >= 15 is 0 Å². The van der Waals surface area contributed by atoms with Crippen LogP contribution in [0.25, 0.3) is 6.08 Å². The van der Waals surface area contributed by atoms with Crippen LogP contribution in [0.3, 0.4) is 0 Å². The van der Waals surface area contributed by atoms with Gasteiger partial charge in [0.25, 0.3) is 0 Å². The summed E-state index contributed by atoms with van der Waals surface area (Å²) >= 11 is 0. The molecule has 0 saturated heterocycles. The number of benzene rings is 1. The minimum absolute atomic E-state index is 0.0891. The van der Waals surface area contributed by atoms with E-state index in [1.54, 1.807) is 30.3 Å². The molecular formula is C15H16O4. The smallest absolute Gasteiger partial charge is 0.305 e. The van der Waals surface area contributed by atoms with Crippen LogP contribution < -0.4 is 0 Å². The number of aldehydes is 1. The molecule has 0 fully saturated rings. The largest absolute Gasteiger partial charge is 0.469 e. The molecule has 0 unspecified atom stereocenters. The minimum atomic E-state index is -0.387. The van der Waals surface area contributed by atoms with E-state index in [-0.39, 0.29) is 24.6 Å². The lowest BCUT2D eigenvalue weighted by molar-refractivity contribution is -0.140. The van der Waals surface area contributed by atoms with Crippen molar-refractivity contribution in [2.75, 3.05) is 7.11 Å². The normalized spacial score (nSPS) is 10.4. The molecule has 0 aromatic heterocycles. The van der Waals surface area contributed by atoms with E-state index in [1.165, 1.54) is 7.11 Å². The maximum Gasteiger partial charge on any atom is 0.305 e. The fourth-order valence-electron chi connectivity index (χ4n) is 1.50. The van der Waals surface area contributed by atoms with Crippen molar-refractivity contribution in [3.8, 4) is 0 Å². The molecule has 19 heavy (non-hydrogen) atoms. The van der Waals surface area contributed by atoms with E-state index in [1.807, 2.05) is 6.08 Å². The standard InChI is InChI=1S/C15H16O4/c1-19-15(18)10-9-14(17)13-7-5-12(6-8-13)4-2-3-11-16/h2,4-8,11H,3,9-10H2,1H3. The monoisotopic (exact) mass is 260 g/mol. The Kier molecular flexibility index (Phi) is 6.22. The van der Waals surface area contributed by atoms with Crippen LogP contribution in [0.5, 0.6) is 0 Å². The molecule has 0 aliphatic carbocycles. The predicted molar refractivity (Wildman–Crippen MR) is 71.7 cm³/mol. The van der Waals surface area contributed by atoms with Crippen molar-refractivity contribution in [1.82, 2.24) is 0 Å². The van der Waals surface area contributed by atoms with Crippen LogP contribution in [0.2, 0.25) is 0 Å². The van der Waals surface area contributed by atoms with E-state index in [9.17, 15) is 14.4 Å². The molecule has 0 bridgehead atoms. The van der Waals surface area contributed by atoms with E-state index in [0.29, 0.717) is 12.0 Å². The molecule has 100 valence electrons. The van der Waals surface area contributed by atoms with Crippen molar-refractivity contribution in [3.05, 3.63) is 41.5 Å². The van der Waals surface area contributed by atoms with Crippen LogP contribution in [-0.2, 0) is 14.3 Å². The predicted octanol–water partition coefficient (Wildman–Crippen LogP) is 2.42. The molecule has 0 saturated carbocycles. The van der Waals surface area contributed by atoms with Crippen molar-refractivity contribution >= 4 is 24.1 Å². The van der Waals surface area contributed by atoms with Crippen LogP contribution in [-0.4, -0.2) is 25.1 Å². The third kappa shape index (κ3) is 5.29. The molecule has 0 atom stereocenters. The molecule has 1 rings (SSSR count). The molecule has 4 heteroatoms. The first-order valence-electron chi connectivity index (χ1n) is 5.97. The summed E-state index contributed by atoms with van der Waals surface area (Å²) in [6.45, 7) is 0. The van der Waals surface area contributed by atoms with Crippen LogP contribution >= 0.6 is 0 Å². The second-order valence-electron chi connectivity index (χ2n) is 3.93.